The Hall–Kier alpha value is -2.31. The van der Waals surface area contributed by atoms with Crippen molar-refractivity contribution in [1.29, 1.82) is 0 Å². The Bertz CT molecular complexity index is 605. The van der Waals surface area contributed by atoms with Crippen molar-refractivity contribution in [1.82, 2.24) is 9.55 Å². The van der Waals surface area contributed by atoms with Crippen LogP contribution in [0.1, 0.15) is 16.1 Å². The summed E-state index contributed by atoms with van der Waals surface area (Å²) in [7, 11) is 1.65. The van der Waals surface area contributed by atoms with Crippen LogP contribution >= 0.6 is 0 Å². The standard InChI is InChI=1S/C12H9F3N2O2/c1-17-6-9(16-7-17)11(18)8-4-2-3-5-10(8)19-12(13,14)15/h2-7H,1H3. The van der Waals surface area contributed by atoms with Gasteiger partial charge in [-0.05, 0) is 12.1 Å². The maximum absolute atomic E-state index is 12.2. The number of ketones is 1. The fourth-order valence-electron chi connectivity index (χ4n) is 1.54. The van der Waals surface area contributed by atoms with Gasteiger partial charge < -0.3 is 9.30 Å². The minimum absolute atomic E-state index is 0.0562. The average molecular weight is 270 g/mol. The van der Waals surface area contributed by atoms with Gasteiger partial charge in [0.1, 0.15) is 11.4 Å². The highest BCUT2D eigenvalue weighted by molar-refractivity contribution is 6.09. The summed E-state index contributed by atoms with van der Waals surface area (Å²) in [5.41, 5.74) is -0.126. The summed E-state index contributed by atoms with van der Waals surface area (Å²) < 4.78 is 42.1. The first-order valence-electron chi connectivity index (χ1n) is 5.24. The van der Waals surface area contributed by atoms with Crippen molar-refractivity contribution in [2.45, 2.75) is 6.36 Å². The van der Waals surface area contributed by atoms with E-state index in [1.807, 2.05) is 0 Å². The molecule has 0 spiro atoms. The summed E-state index contributed by atoms with van der Waals surface area (Å²) in [5.74, 6) is -1.16. The van der Waals surface area contributed by atoms with E-state index in [1.54, 1.807) is 7.05 Å². The molecule has 1 aromatic carbocycles. The number of hydrogen-bond donors (Lipinski definition) is 0. The molecule has 2 aromatic rings. The normalized spacial score (nSPS) is 11.4. The molecule has 0 bridgehead atoms. The maximum atomic E-state index is 12.2. The lowest BCUT2D eigenvalue weighted by molar-refractivity contribution is -0.274. The molecule has 1 heterocycles. The Morgan fingerprint density at radius 3 is 2.58 bits per heavy atom. The monoisotopic (exact) mass is 270 g/mol. The molecule has 0 saturated heterocycles. The number of halogens is 3. The molecule has 0 N–H and O–H groups in total. The Morgan fingerprint density at radius 2 is 2.00 bits per heavy atom. The van der Waals surface area contributed by atoms with Gasteiger partial charge in [0, 0.05) is 13.2 Å². The highest BCUT2D eigenvalue weighted by Crippen LogP contribution is 2.27. The molecular weight excluding hydrogens is 261 g/mol. The lowest BCUT2D eigenvalue weighted by Gasteiger charge is -2.11. The van der Waals surface area contributed by atoms with E-state index in [-0.39, 0.29) is 11.3 Å². The van der Waals surface area contributed by atoms with E-state index in [0.717, 1.165) is 6.07 Å². The number of alkyl halides is 3. The van der Waals surface area contributed by atoms with Crippen LogP contribution in [0.3, 0.4) is 0 Å². The number of imidazole rings is 1. The van der Waals surface area contributed by atoms with Crippen LogP contribution in [-0.4, -0.2) is 21.7 Å². The minimum Gasteiger partial charge on any atom is -0.405 e. The zero-order chi connectivity index (χ0) is 14.0. The zero-order valence-corrected chi connectivity index (χ0v) is 9.81. The Labute approximate surface area is 106 Å². The van der Waals surface area contributed by atoms with E-state index < -0.39 is 17.9 Å². The van der Waals surface area contributed by atoms with Crippen LogP contribution in [0.4, 0.5) is 13.2 Å². The summed E-state index contributed by atoms with van der Waals surface area (Å²) >= 11 is 0. The van der Waals surface area contributed by atoms with E-state index in [2.05, 4.69) is 9.72 Å². The molecule has 0 aliphatic rings. The molecule has 100 valence electrons. The van der Waals surface area contributed by atoms with Gasteiger partial charge in [-0.2, -0.15) is 0 Å². The average Bonchev–Trinajstić information content (AvgIpc) is 2.74. The summed E-state index contributed by atoms with van der Waals surface area (Å²) in [5, 5.41) is 0. The molecule has 19 heavy (non-hydrogen) atoms. The van der Waals surface area contributed by atoms with Crippen LogP contribution in [0.2, 0.25) is 0 Å². The number of ether oxygens (including phenoxy) is 1. The van der Waals surface area contributed by atoms with E-state index >= 15 is 0 Å². The molecular formula is C12H9F3N2O2. The number of aryl methyl sites for hydroxylation is 1. The second-order valence-corrected chi connectivity index (χ2v) is 3.80. The van der Waals surface area contributed by atoms with E-state index in [4.69, 9.17) is 0 Å². The van der Waals surface area contributed by atoms with E-state index in [0.29, 0.717) is 0 Å². The van der Waals surface area contributed by atoms with Gasteiger partial charge in [0.15, 0.2) is 0 Å². The van der Waals surface area contributed by atoms with Crippen molar-refractivity contribution in [3.63, 3.8) is 0 Å². The minimum atomic E-state index is -4.85. The van der Waals surface area contributed by atoms with Gasteiger partial charge in [0.25, 0.3) is 0 Å². The van der Waals surface area contributed by atoms with Crippen molar-refractivity contribution in [2.75, 3.05) is 0 Å². The number of hydrogen-bond acceptors (Lipinski definition) is 3. The number of benzene rings is 1. The molecule has 0 atom stereocenters. The molecule has 0 radical (unpaired) electrons. The number of rotatable bonds is 3. The van der Waals surface area contributed by atoms with E-state index in [9.17, 15) is 18.0 Å². The molecule has 0 saturated carbocycles. The number of para-hydroxylation sites is 1. The Kier molecular flexibility index (Phi) is 3.28. The molecule has 0 unspecified atom stereocenters. The van der Waals surface area contributed by atoms with Gasteiger partial charge in [0.05, 0.1) is 11.9 Å². The molecule has 0 amide bonds. The number of aromatic nitrogens is 2. The third-order valence-electron chi connectivity index (χ3n) is 2.29. The van der Waals surface area contributed by atoms with Crippen LogP contribution in [0.5, 0.6) is 5.75 Å². The van der Waals surface area contributed by atoms with Gasteiger partial charge >= 0.3 is 6.36 Å². The van der Waals surface area contributed by atoms with Gasteiger partial charge in [-0.3, -0.25) is 4.79 Å². The van der Waals surface area contributed by atoms with E-state index in [1.165, 1.54) is 35.3 Å². The number of carbonyl (C=O) groups excluding carboxylic acids is 1. The first-order chi connectivity index (χ1) is 8.87. The Morgan fingerprint density at radius 1 is 1.32 bits per heavy atom. The third kappa shape index (κ3) is 3.12. The zero-order valence-electron chi connectivity index (χ0n) is 9.81. The molecule has 0 aliphatic heterocycles. The van der Waals surface area contributed by atoms with Crippen molar-refractivity contribution >= 4 is 5.78 Å². The summed E-state index contributed by atoms with van der Waals surface area (Å²) in [6.07, 6.45) is -2.03. The quantitative estimate of drug-likeness (QED) is 0.805. The van der Waals surface area contributed by atoms with Gasteiger partial charge in [-0.1, -0.05) is 12.1 Å². The highest BCUT2D eigenvalue weighted by atomic mass is 19.4. The fraction of sp³-hybridized carbons (Fsp3) is 0.167. The molecule has 7 heteroatoms. The smallest absolute Gasteiger partial charge is 0.405 e. The first-order valence-corrected chi connectivity index (χ1v) is 5.24. The predicted molar refractivity (Wildman–Crippen MR) is 59.8 cm³/mol. The van der Waals surface area contributed by atoms with Crippen molar-refractivity contribution < 1.29 is 22.7 Å². The van der Waals surface area contributed by atoms with Gasteiger partial charge in [-0.25, -0.2) is 4.98 Å². The third-order valence-corrected chi connectivity index (χ3v) is 2.29. The van der Waals surface area contributed by atoms with Crippen LogP contribution in [0.25, 0.3) is 0 Å². The first kappa shape index (κ1) is 13.1. The largest absolute Gasteiger partial charge is 0.573 e. The van der Waals surface area contributed by atoms with Crippen LogP contribution in [0, 0.1) is 0 Å². The molecule has 0 fully saturated rings. The molecule has 1 aromatic heterocycles. The van der Waals surface area contributed by atoms with Crippen molar-refractivity contribution in [2.24, 2.45) is 7.05 Å². The molecule has 0 aliphatic carbocycles. The van der Waals surface area contributed by atoms with Crippen LogP contribution in [-0.2, 0) is 7.05 Å². The van der Waals surface area contributed by atoms with Gasteiger partial charge in [-0.15, -0.1) is 13.2 Å². The highest BCUT2D eigenvalue weighted by Gasteiger charge is 2.33. The van der Waals surface area contributed by atoms with Crippen molar-refractivity contribution in [3.05, 3.63) is 48.0 Å². The Balaban J connectivity index is 2.37. The lowest BCUT2D eigenvalue weighted by atomic mass is 10.1. The fourth-order valence-corrected chi connectivity index (χ4v) is 1.54. The number of carbonyl (C=O) groups is 1. The molecule has 2 rings (SSSR count). The van der Waals surface area contributed by atoms with Crippen molar-refractivity contribution in [3.8, 4) is 5.75 Å². The second-order valence-electron chi connectivity index (χ2n) is 3.80. The van der Waals surface area contributed by atoms with Crippen LogP contribution < -0.4 is 4.74 Å². The topological polar surface area (TPSA) is 44.1 Å². The van der Waals surface area contributed by atoms with Gasteiger partial charge in [0.2, 0.25) is 5.78 Å². The SMILES string of the molecule is Cn1cnc(C(=O)c2ccccc2OC(F)(F)F)c1. The second kappa shape index (κ2) is 4.75. The lowest BCUT2D eigenvalue weighted by Crippen LogP contribution is -2.19. The summed E-state index contributed by atoms with van der Waals surface area (Å²) in [4.78, 5) is 15.8. The molecule has 4 nitrogen and oxygen atoms in total. The number of nitrogens with zero attached hydrogens (tertiary/aromatic N) is 2. The summed E-state index contributed by atoms with van der Waals surface area (Å²) in [6.45, 7) is 0. The van der Waals surface area contributed by atoms with Crippen LogP contribution in [0.15, 0.2) is 36.8 Å². The maximum Gasteiger partial charge on any atom is 0.573 e. The predicted octanol–water partition coefficient (Wildman–Crippen LogP) is 2.55. The summed E-state index contributed by atoms with van der Waals surface area (Å²) in [6, 6.07) is 5.16.